The maximum absolute atomic E-state index is 13.5. The Morgan fingerprint density at radius 2 is 2.20 bits per heavy atom. The summed E-state index contributed by atoms with van der Waals surface area (Å²) in [7, 11) is 0. The minimum Gasteiger partial charge on any atom is -0.381 e. The van der Waals surface area contributed by atoms with Crippen molar-refractivity contribution in [2.75, 3.05) is 18.1 Å². The molecule has 0 N–H and O–H groups in total. The van der Waals surface area contributed by atoms with Crippen molar-refractivity contribution in [2.45, 2.75) is 19.4 Å². The minimum atomic E-state index is -0.299. The van der Waals surface area contributed by atoms with E-state index in [4.69, 9.17) is 4.74 Å². The van der Waals surface area contributed by atoms with Crippen LogP contribution in [0.2, 0.25) is 0 Å². The fourth-order valence-electron chi connectivity index (χ4n) is 2.88. The Bertz CT molecular complexity index is 875. The number of nitrogens with zero attached hydrogens (tertiary/aromatic N) is 3. The lowest BCUT2D eigenvalue weighted by Crippen LogP contribution is -2.38. The van der Waals surface area contributed by atoms with Gasteiger partial charge in [-0.05, 0) is 31.0 Å². The molecule has 0 aliphatic carbocycles. The Balaban J connectivity index is 1.68. The van der Waals surface area contributed by atoms with Gasteiger partial charge in [-0.2, -0.15) is 0 Å². The summed E-state index contributed by atoms with van der Waals surface area (Å²) in [6, 6.07) is 4.49. The largest absolute Gasteiger partial charge is 0.381 e. The molecule has 130 valence electrons. The molecule has 1 aliphatic heterocycles. The van der Waals surface area contributed by atoms with E-state index in [0.717, 1.165) is 22.4 Å². The lowest BCUT2D eigenvalue weighted by Gasteiger charge is -2.27. The van der Waals surface area contributed by atoms with E-state index >= 15 is 0 Å². The monoisotopic (exact) mass is 377 g/mol. The van der Waals surface area contributed by atoms with Crippen molar-refractivity contribution >= 4 is 43.9 Å². The summed E-state index contributed by atoms with van der Waals surface area (Å²) in [5.41, 5.74) is 2.45. The van der Waals surface area contributed by atoms with Crippen LogP contribution in [0.25, 0.3) is 10.2 Å². The molecule has 0 atom stereocenters. The number of benzene rings is 1. The summed E-state index contributed by atoms with van der Waals surface area (Å²) < 4.78 is 19.6. The number of carbonyl (C=O) groups is 1. The molecule has 5 nitrogen and oxygen atoms in total. The molecular weight excluding hydrogens is 361 g/mol. The van der Waals surface area contributed by atoms with Crippen molar-refractivity contribution in [1.29, 1.82) is 0 Å². The zero-order chi connectivity index (χ0) is 17.2. The molecule has 2 aromatic heterocycles. The summed E-state index contributed by atoms with van der Waals surface area (Å²) in [4.78, 5) is 24.5. The second kappa shape index (κ2) is 7.15. The topological polar surface area (TPSA) is 55.3 Å². The number of hydrogen-bond donors (Lipinski definition) is 0. The van der Waals surface area contributed by atoms with Crippen LogP contribution >= 0.6 is 22.7 Å². The fourth-order valence-corrected chi connectivity index (χ4v) is 4.46. The Hall–Kier alpha value is -1.90. The molecule has 1 fully saturated rings. The summed E-state index contributed by atoms with van der Waals surface area (Å²) in [6.45, 7) is 1.65. The maximum atomic E-state index is 13.5. The standard InChI is InChI=1S/C17H16FN3O2S2/c18-12-1-2-14-15(7-12)25-17(20-14)21(9-13-8-19-10-24-13)16(22)11-3-5-23-6-4-11/h1-2,7-8,10-11H,3-6,9H2. The number of thiazole rings is 2. The van der Waals surface area contributed by atoms with E-state index in [9.17, 15) is 9.18 Å². The smallest absolute Gasteiger partial charge is 0.232 e. The molecule has 8 heteroatoms. The Labute approximate surface area is 152 Å². The van der Waals surface area contributed by atoms with E-state index < -0.39 is 0 Å². The van der Waals surface area contributed by atoms with Crippen LogP contribution in [0.15, 0.2) is 29.9 Å². The number of carbonyl (C=O) groups excluding carboxylic acids is 1. The van der Waals surface area contributed by atoms with Gasteiger partial charge in [-0.3, -0.25) is 14.7 Å². The van der Waals surface area contributed by atoms with Crippen LogP contribution in [0.4, 0.5) is 9.52 Å². The first-order chi connectivity index (χ1) is 12.2. The Morgan fingerprint density at radius 1 is 1.36 bits per heavy atom. The minimum absolute atomic E-state index is 0.0521. The van der Waals surface area contributed by atoms with Gasteiger partial charge in [0.25, 0.3) is 0 Å². The average molecular weight is 377 g/mol. The van der Waals surface area contributed by atoms with Crippen LogP contribution in [0.5, 0.6) is 0 Å². The highest BCUT2D eigenvalue weighted by Crippen LogP contribution is 2.32. The fraction of sp³-hybridized carbons (Fsp3) is 0.353. The highest BCUT2D eigenvalue weighted by atomic mass is 32.1. The number of rotatable bonds is 4. The van der Waals surface area contributed by atoms with Crippen LogP contribution in [-0.4, -0.2) is 29.1 Å². The molecule has 1 aliphatic rings. The van der Waals surface area contributed by atoms with E-state index in [2.05, 4.69) is 9.97 Å². The normalized spacial score (nSPS) is 15.6. The highest BCUT2D eigenvalue weighted by molar-refractivity contribution is 7.22. The van der Waals surface area contributed by atoms with Gasteiger partial charge in [0.1, 0.15) is 5.82 Å². The molecule has 0 bridgehead atoms. The quantitative estimate of drug-likeness (QED) is 0.693. The molecular formula is C17H16FN3O2S2. The second-order valence-electron chi connectivity index (χ2n) is 5.89. The molecule has 1 aromatic carbocycles. The van der Waals surface area contributed by atoms with Crippen LogP contribution in [0.1, 0.15) is 17.7 Å². The Kier molecular flexibility index (Phi) is 4.74. The number of hydrogen-bond acceptors (Lipinski definition) is 6. The molecule has 3 heterocycles. The zero-order valence-electron chi connectivity index (χ0n) is 13.4. The van der Waals surface area contributed by atoms with Crippen molar-refractivity contribution in [1.82, 2.24) is 9.97 Å². The Morgan fingerprint density at radius 3 is 2.96 bits per heavy atom. The molecule has 1 saturated heterocycles. The summed E-state index contributed by atoms with van der Waals surface area (Å²) in [5.74, 6) is -0.311. The lowest BCUT2D eigenvalue weighted by molar-refractivity contribution is -0.125. The third-order valence-electron chi connectivity index (χ3n) is 4.20. The summed E-state index contributed by atoms with van der Waals surface area (Å²) in [5, 5.41) is 0.602. The van der Waals surface area contributed by atoms with Crippen molar-refractivity contribution in [3.05, 3.63) is 40.6 Å². The molecule has 25 heavy (non-hydrogen) atoms. The van der Waals surface area contributed by atoms with E-state index in [1.54, 1.807) is 22.7 Å². The lowest BCUT2D eigenvalue weighted by atomic mass is 9.99. The van der Waals surface area contributed by atoms with Gasteiger partial charge >= 0.3 is 0 Å². The molecule has 0 radical (unpaired) electrons. The number of halogens is 1. The second-order valence-corrected chi connectivity index (χ2v) is 7.87. The molecule has 4 rings (SSSR count). The molecule has 3 aromatic rings. The predicted molar refractivity (Wildman–Crippen MR) is 96.4 cm³/mol. The zero-order valence-corrected chi connectivity index (χ0v) is 15.0. The number of fused-ring (bicyclic) bond motifs is 1. The first-order valence-electron chi connectivity index (χ1n) is 8.03. The van der Waals surface area contributed by atoms with Crippen molar-refractivity contribution in [3.63, 3.8) is 0 Å². The van der Waals surface area contributed by atoms with Crippen molar-refractivity contribution in [3.8, 4) is 0 Å². The van der Waals surface area contributed by atoms with Crippen LogP contribution in [0, 0.1) is 11.7 Å². The van der Waals surface area contributed by atoms with E-state index in [1.165, 1.54) is 34.8 Å². The number of ether oxygens (including phenoxy) is 1. The van der Waals surface area contributed by atoms with Gasteiger partial charge in [0.15, 0.2) is 5.13 Å². The SMILES string of the molecule is O=C(C1CCOCC1)N(Cc1cncs1)c1nc2ccc(F)cc2s1. The predicted octanol–water partition coefficient (Wildman–Crippen LogP) is 3.85. The molecule has 0 unspecified atom stereocenters. The summed E-state index contributed by atoms with van der Waals surface area (Å²) in [6.07, 6.45) is 3.21. The van der Waals surface area contributed by atoms with Gasteiger partial charge in [0.05, 0.1) is 22.3 Å². The van der Waals surface area contributed by atoms with Crippen LogP contribution in [-0.2, 0) is 16.1 Å². The summed E-state index contributed by atoms with van der Waals surface area (Å²) >= 11 is 2.85. The molecule has 1 amide bonds. The number of aromatic nitrogens is 2. The third-order valence-corrected chi connectivity index (χ3v) is 6.01. The van der Waals surface area contributed by atoms with Crippen molar-refractivity contribution < 1.29 is 13.9 Å². The maximum Gasteiger partial charge on any atom is 0.232 e. The van der Waals surface area contributed by atoms with Crippen LogP contribution in [0.3, 0.4) is 0 Å². The molecule has 0 saturated carbocycles. The highest BCUT2D eigenvalue weighted by Gasteiger charge is 2.29. The first kappa shape index (κ1) is 16.6. The molecule has 0 spiro atoms. The number of amides is 1. The van der Waals surface area contributed by atoms with E-state index in [1.807, 2.05) is 0 Å². The van der Waals surface area contributed by atoms with Gasteiger partial charge in [0.2, 0.25) is 5.91 Å². The van der Waals surface area contributed by atoms with Gasteiger partial charge in [-0.25, -0.2) is 9.37 Å². The van der Waals surface area contributed by atoms with Crippen LogP contribution < -0.4 is 4.90 Å². The average Bonchev–Trinajstić information content (AvgIpc) is 3.28. The van der Waals surface area contributed by atoms with Crippen molar-refractivity contribution in [2.24, 2.45) is 5.92 Å². The van der Waals surface area contributed by atoms with Gasteiger partial charge in [-0.15, -0.1) is 11.3 Å². The first-order valence-corrected chi connectivity index (χ1v) is 9.73. The van der Waals surface area contributed by atoms with Gasteiger partial charge < -0.3 is 4.74 Å². The number of anilines is 1. The van der Waals surface area contributed by atoms with E-state index in [0.29, 0.717) is 30.4 Å². The van der Waals surface area contributed by atoms with E-state index in [-0.39, 0.29) is 17.6 Å². The van der Waals surface area contributed by atoms with Gasteiger partial charge in [0, 0.05) is 30.2 Å². The third kappa shape index (κ3) is 3.56. The van der Waals surface area contributed by atoms with Gasteiger partial charge in [-0.1, -0.05) is 11.3 Å².